The molecule has 1 unspecified atom stereocenters. The van der Waals surface area contributed by atoms with E-state index in [1.54, 1.807) is 6.33 Å². The van der Waals surface area contributed by atoms with E-state index < -0.39 is 0 Å². The second-order valence-corrected chi connectivity index (χ2v) is 4.73. The summed E-state index contributed by atoms with van der Waals surface area (Å²) in [6.45, 7) is 3.87. The average molecular weight is 283 g/mol. The number of aromatic amines is 1. The molecular formula is C15H17N5O. The number of carbonyl (C=O) groups is 1. The van der Waals surface area contributed by atoms with Gasteiger partial charge in [0.2, 0.25) is 0 Å². The molecule has 0 aliphatic heterocycles. The molecule has 0 aliphatic carbocycles. The highest BCUT2D eigenvalue weighted by Gasteiger charge is 2.11. The second-order valence-electron chi connectivity index (χ2n) is 4.73. The maximum atomic E-state index is 11.9. The molecule has 0 spiro atoms. The van der Waals surface area contributed by atoms with Crippen molar-refractivity contribution < 1.29 is 4.79 Å². The lowest BCUT2D eigenvalue weighted by molar-refractivity contribution is -0.117. The minimum atomic E-state index is -0.373. The van der Waals surface area contributed by atoms with Gasteiger partial charge in [-0.25, -0.2) is 4.98 Å². The number of benzene rings is 1. The lowest BCUT2D eigenvalue weighted by atomic mass is 10.2. The highest BCUT2D eigenvalue weighted by atomic mass is 16.1. The van der Waals surface area contributed by atoms with E-state index in [0.29, 0.717) is 0 Å². The van der Waals surface area contributed by atoms with Crippen molar-refractivity contribution in [1.29, 1.82) is 5.26 Å². The molecule has 1 amide bonds. The number of anilines is 1. The highest BCUT2D eigenvalue weighted by Crippen LogP contribution is 2.15. The minimum Gasteiger partial charge on any atom is -0.360 e. The van der Waals surface area contributed by atoms with E-state index >= 15 is 0 Å². The van der Waals surface area contributed by atoms with E-state index in [4.69, 9.17) is 5.26 Å². The van der Waals surface area contributed by atoms with Gasteiger partial charge in [0.15, 0.2) is 0 Å². The summed E-state index contributed by atoms with van der Waals surface area (Å²) in [5.41, 5.74) is 2.56. The zero-order valence-electron chi connectivity index (χ0n) is 12.0. The standard InChI is InChI=1S/C15H17N5O/c1-3-10(2)20-15(21)11(7-16)8-17-12-4-5-13-14(6-12)19-9-18-13/h4-6,8-10,17H,3H2,1-2H3,(H,18,19)(H,20,21)/b11-8-. The van der Waals surface area contributed by atoms with Gasteiger partial charge in [0.1, 0.15) is 11.6 Å². The van der Waals surface area contributed by atoms with E-state index in [9.17, 15) is 4.79 Å². The fraction of sp³-hybridized carbons (Fsp3) is 0.267. The largest absolute Gasteiger partial charge is 0.360 e. The molecule has 21 heavy (non-hydrogen) atoms. The molecule has 0 bridgehead atoms. The van der Waals surface area contributed by atoms with Crippen LogP contribution in [0.2, 0.25) is 0 Å². The maximum absolute atomic E-state index is 11.9. The Morgan fingerprint density at radius 1 is 1.57 bits per heavy atom. The number of nitrogens with one attached hydrogen (secondary N) is 3. The fourth-order valence-electron chi connectivity index (χ4n) is 1.73. The second kappa shape index (κ2) is 6.57. The van der Waals surface area contributed by atoms with Crippen LogP contribution in [0.5, 0.6) is 0 Å². The zero-order chi connectivity index (χ0) is 15.2. The van der Waals surface area contributed by atoms with Crippen molar-refractivity contribution in [3.63, 3.8) is 0 Å². The summed E-state index contributed by atoms with van der Waals surface area (Å²) in [6.07, 6.45) is 3.84. The van der Waals surface area contributed by atoms with Crippen LogP contribution >= 0.6 is 0 Å². The van der Waals surface area contributed by atoms with Gasteiger partial charge in [0, 0.05) is 17.9 Å². The monoisotopic (exact) mass is 283 g/mol. The van der Waals surface area contributed by atoms with Crippen molar-refractivity contribution in [2.45, 2.75) is 26.3 Å². The summed E-state index contributed by atoms with van der Waals surface area (Å²) < 4.78 is 0. The Balaban J connectivity index is 2.09. The third-order valence-electron chi connectivity index (χ3n) is 3.16. The Hall–Kier alpha value is -2.81. The third kappa shape index (κ3) is 3.60. The Morgan fingerprint density at radius 2 is 2.38 bits per heavy atom. The molecule has 1 heterocycles. The topological polar surface area (TPSA) is 93.6 Å². The van der Waals surface area contributed by atoms with Crippen LogP contribution in [0.4, 0.5) is 5.69 Å². The van der Waals surface area contributed by atoms with Gasteiger partial charge in [-0.3, -0.25) is 4.79 Å². The van der Waals surface area contributed by atoms with Gasteiger partial charge in [-0.15, -0.1) is 0 Å². The molecule has 1 atom stereocenters. The number of hydrogen-bond donors (Lipinski definition) is 3. The van der Waals surface area contributed by atoms with Crippen molar-refractivity contribution in [1.82, 2.24) is 15.3 Å². The van der Waals surface area contributed by atoms with Crippen LogP contribution in [0.15, 0.2) is 36.3 Å². The number of fused-ring (bicyclic) bond motifs is 1. The quantitative estimate of drug-likeness (QED) is 0.579. The summed E-state index contributed by atoms with van der Waals surface area (Å²) >= 11 is 0. The van der Waals surface area contributed by atoms with Crippen LogP contribution in [-0.2, 0) is 4.79 Å². The van der Waals surface area contributed by atoms with Crippen LogP contribution in [0.3, 0.4) is 0 Å². The Labute approximate surface area is 122 Å². The van der Waals surface area contributed by atoms with Gasteiger partial charge in [0.05, 0.1) is 17.4 Å². The number of rotatable bonds is 5. The first-order chi connectivity index (χ1) is 10.1. The van der Waals surface area contributed by atoms with E-state index in [2.05, 4.69) is 20.6 Å². The molecule has 0 saturated heterocycles. The van der Waals surface area contributed by atoms with E-state index in [-0.39, 0.29) is 17.5 Å². The maximum Gasteiger partial charge on any atom is 0.263 e. The zero-order valence-corrected chi connectivity index (χ0v) is 12.0. The van der Waals surface area contributed by atoms with Gasteiger partial charge in [0.25, 0.3) is 5.91 Å². The van der Waals surface area contributed by atoms with E-state index in [1.807, 2.05) is 38.1 Å². The SMILES string of the molecule is CCC(C)NC(=O)/C(C#N)=C\Nc1ccc2nc[nH]c2c1. The summed E-state index contributed by atoms with van der Waals surface area (Å²) in [5, 5.41) is 14.8. The fourth-order valence-corrected chi connectivity index (χ4v) is 1.73. The molecule has 1 aromatic heterocycles. The number of carbonyl (C=O) groups excluding carboxylic acids is 1. The lowest BCUT2D eigenvalue weighted by Gasteiger charge is -2.10. The van der Waals surface area contributed by atoms with Crippen LogP contribution in [0, 0.1) is 11.3 Å². The van der Waals surface area contributed by atoms with Gasteiger partial charge >= 0.3 is 0 Å². The van der Waals surface area contributed by atoms with Gasteiger partial charge in [-0.2, -0.15) is 5.26 Å². The molecule has 2 aromatic rings. The van der Waals surface area contributed by atoms with Crippen molar-refractivity contribution in [3.05, 3.63) is 36.3 Å². The molecule has 0 saturated carbocycles. The Kier molecular flexibility index (Phi) is 4.57. The average Bonchev–Trinajstić information content (AvgIpc) is 2.95. The third-order valence-corrected chi connectivity index (χ3v) is 3.16. The molecule has 1 aromatic carbocycles. The normalized spacial score (nSPS) is 12.7. The molecule has 6 nitrogen and oxygen atoms in total. The van der Waals surface area contributed by atoms with Gasteiger partial charge in [-0.05, 0) is 31.5 Å². The van der Waals surface area contributed by atoms with Crippen LogP contribution in [-0.4, -0.2) is 21.9 Å². The van der Waals surface area contributed by atoms with Crippen LogP contribution in [0.25, 0.3) is 11.0 Å². The Bertz CT molecular complexity index is 710. The lowest BCUT2D eigenvalue weighted by Crippen LogP contribution is -2.33. The number of hydrogen-bond acceptors (Lipinski definition) is 4. The van der Waals surface area contributed by atoms with Crippen molar-refractivity contribution in [2.75, 3.05) is 5.32 Å². The number of imidazole rings is 1. The number of amides is 1. The Morgan fingerprint density at radius 3 is 3.10 bits per heavy atom. The number of H-pyrrole nitrogens is 1. The number of aromatic nitrogens is 2. The predicted octanol–water partition coefficient (Wildman–Crippen LogP) is 2.30. The predicted molar refractivity (Wildman–Crippen MR) is 81.3 cm³/mol. The highest BCUT2D eigenvalue weighted by molar-refractivity contribution is 5.97. The first kappa shape index (κ1) is 14.6. The summed E-state index contributed by atoms with van der Waals surface area (Å²) in [5.74, 6) is -0.373. The van der Waals surface area contributed by atoms with Gasteiger partial charge in [-0.1, -0.05) is 6.92 Å². The molecule has 108 valence electrons. The van der Waals surface area contributed by atoms with Crippen LogP contribution < -0.4 is 10.6 Å². The van der Waals surface area contributed by atoms with Crippen molar-refractivity contribution in [2.24, 2.45) is 0 Å². The van der Waals surface area contributed by atoms with E-state index in [0.717, 1.165) is 23.1 Å². The number of nitrogens with zero attached hydrogens (tertiary/aromatic N) is 2. The molecule has 0 fully saturated rings. The molecule has 3 N–H and O–H groups in total. The molecular weight excluding hydrogens is 266 g/mol. The van der Waals surface area contributed by atoms with Crippen molar-refractivity contribution in [3.8, 4) is 6.07 Å². The van der Waals surface area contributed by atoms with Gasteiger partial charge < -0.3 is 15.6 Å². The summed E-state index contributed by atoms with van der Waals surface area (Å²) in [6, 6.07) is 7.49. The first-order valence-electron chi connectivity index (χ1n) is 6.74. The molecule has 0 radical (unpaired) electrons. The summed E-state index contributed by atoms with van der Waals surface area (Å²) in [7, 11) is 0. The number of nitriles is 1. The molecule has 2 rings (SSSR count). The van der Waals surface area contributed by atoms with Crippen molar-refractivity contribution >= 4 is 22.6 Å². The summed E-state index contributed by atoms with van der Waals surface area (Å²) in [4.78, 5) is 19.0. The molecule has 6 heteroatoms. The van der Waals surface area contributed by atoms with Crippen LogP contribution in [0.1, 0.15) is 20.3 Å². The smallest absolute Gasteiger partial charge is 0.263 e. The molecule has 0 aliphatic rings. The first-order valence-corrected chi connectivity index (χ1v) is 6.74. The van der Waals surface area contributed by atoms with E-state index in [1.165, 1.54) is 6.20 Å². The minimum absolute atomic E-state index is 0.0376.